The summed E-state index contributed by atoms with van der Waals surface area (Å²) in [6.07, 6.45) is 5.14. The molecule has 156 valence electrons. The molecule has 0 atom stereocenters. The number of aromatic amines is 2. The lowest BCUT2D eigenvalue weighted by Gasteiger charge is -2.13. The molecule has 3 aromatic heterocycles. The van der Waals surface area contributed by atoms with Crippen LogP contribution in [0.5, 0.6) is 0 Å². The van der Waals surface area contributed by atoms with Crippen molar-refractivity contribution in [1.29, 1.82) is 0 Å². The summed E-state index contributed by atoms with van der Waals surface area (Å²) < 4.78 is 0.576. The van der Waals surface area contributed by atoms with E-state index in [4.69, 9.17) is 18.0 Å². The smallest absolute Gasteiger partial charge is 0.266 e. The van der Waals surface area contributed by atoms with Crippen molar-refractivity contribution in [3.05, 3.63) is 51.4 Å². The van der Waals surface area contributed by atoms with Gasteiger partial charge in [0.1, 0.15) is 4.32 Å². The van der Waals surface area contributed by atoms with Crippen molar-refractivity contribution >= 4 is 68.2 Å². The van der Waals surface area contributed by atoms with Crippen molar-refractivity contribution in [2.45, 2.75) is 12.8 Å². The van der Waals surface area contributed by atoms with Crippen LogP contribution in [0.1, 0.15) is 17.1 Å². The van der Waals surface area contributed by atoms with Gasteiger partial charge in [0.15, 0.2) is 5.82 Å². The zero-order valence-corrected chi connectivity index (χ0v) is 18.6. The Morgan fingerprint density at radius 1 is 1.26 bits per heavy atom. The number of H-pyrrole nitrogens is 2. The van der Waals surface area contributed by atoms with Gasteiger partial charge in [-0.2, -0.15) is 5.21 Å². The van der Waals surface area contributed by atoms with Gasteiger partial charge in [-0.25, -0.2) is 0 Å². The van der Waals surface area contributed by atoms with Gasteiger partial charge in [-0.3, -0.25) is 9.69 Å². The normalized spacial score (nSPS) is 15.6. The summed E-state index contributed by atoms with van der Waals surface area (Å²) in [5.41, 5.74) is 9.96. The van der Waals surface area contributed by atoms with Crippen LogP contribution in [-0.2, 0) is 11.2 Å². The molecule has 1 aromatic carbocycles. The summed E-state index contributed by atoms with van der Waals surface area (Å²) in [7, 11) is 0. The topological polar surface area (TPSA) is 117 Å². The van der Waals surface area contributed by atoms with Gasteiger partial charge in [-0.1, -0.05) is 29.2 Å². The van der Waals surface area contributed by atoms with Crippen LogP contribution >= 0.6 is 35.3 Å². The predicted molar refractivity (Wildman–Crippen MR) is 128 cm³/mol. The average molecular weight is 468 g/mol. The number of hydrogen-bond donors (Lipinski definition) is 3. The van der Waals surface area contributed by atoms with E-state index in [1.54, 1.807) is 16.2 Å². The number of thioether (sulfide) groups is 1. The third-order valence-electron chi connectivity index (χ3n) is 4.96. The molecule has 4 heterocycles. The number of nitrogens with one attached hydrogen (secondary N) is 2. The monoisotopic (exact) mass is 467 g/mol. The Hall–Kier alpha value is -3.02. The highest BCUT2D eigenvalue weighted by atomic mass is 32.2. The van der Waals surface area contributed by atoms with Gasteiger partial charge < -0.3 is 10.7 Å². The van der Waals surface area contributed by atoms with Gasteiger partial charge in [0.25, 0.3) is 5.91 Å². The summed E-state index contributed by atoms with van der Waals surface area (Å²) in [6.45, 7) is 0.530. The number of anilines is 1. The second-order valence-electron chi connectivity index (χ2n) is 7.01. The maximum atomic E-state index is 12.8. The van der Waals surface area contributed by atoms with Gasteiger partial charge in [-0.05, 0) is 53.3 Å². The van der Waals surface area contributed by atoms with Crippen LogP contribution in [-0.4, -0.2) is 47.3 Å². The molecule has 1 saturated heterocycles. The first-order valence-corrected chi connectivity index (χ1v) is 11.6. The van der Waals surface area contributed by atoms with E-state index >= 15 is 0 Å². The third kappa shape index (κ3) is 3.99. The van der Waals surface area contributed by atoms with E-state index in [2.05, 4.69) is 43.1 Å². The number of hydrogen-bond acceptors (Lipinski definition) is 8. The first-order valence-electron chi connectivity index (χ1n) is 9.52. The van der Waals surface area contributed by atoms with Crippen LogP contribution in [0.4, 0.5) is 5.69 Å². The molecule has 31 heavy (non-hydrogen) atoms. The molecule has 4 N–H and O–H groups in total. The Labute approximate surface area is 190 Å². The maximum Gasteiger partial charge on any atom is 0.266 e. The van der Waals surface area contributed by atoms with Crippen LogP contribution in [0.25, 0.3) is 28.1 Å². The second-order valence-corrected chi connectivity index (χ2v) is 9.63. The molecule has 5 rings (SSSR count). The quantitative estimate of drug-likeness (QED) is 0.224. The molecule has 1 aliphatic heterocycles. The van der Waals surface area contributed by atoms with Crippen molar-refractivity contribution in [1.82, 2.24) is 30.5 Å². The van der Waals surface area contributed by atoms with Crippen LogP contribution in [0.3, 0.4) is 0 Å². The van der Waals surface area contributed by atoms with E-state index in [9.17, 15) is 4.79 Å². The molecule has 8 nitrogen and oxygen atoms in total. The number of aromatic nitrogens is 5. The molecule has 4 aromatic rings. The number of thiophene rings is 1. The molecule has 0 bridgehead atoms. The number of nitrogens with zero attached hydrogens (tertiary/aromatic N) is 4. The minimum absolute atomic E-state index is 0.0592. The number of thiocarbonyl (C=S) groups is 1. The summed E-state index contributed by atoms with van der Waals surface area (Å²) in [5.74, 6) is 0.571. The summed E-state index contributed by atoms with van der Waals surface area (Å²) in [4.78, 5) is 19.3. The molecule has 1 amide bonds. The van der Waals surface area contributed by atoms with Crippen molar-refractivity contribution in [2.75, 3.05) is 12.3 Å². The number of benzene rings is 1. The second kappa shape index (κ2) is 8.25. The Balaban J connectivity index is 1.31. The van der Waals surface area contributed by atoms with Crippen molar-refractivity contribution < 1.29 is 4.79 Å². The fourth-order valence-corrected chi connectivity index (χ4v) is 5.67. The van der Waals surface area contributed by atoms with Crippen LogP contribution in [0.2, 0.25) is 0 Å². The Bertz CT molecular complexity index is 1310. The maximum absolute atomic E-state index is 12.8. The number of tetrazole rings is 1. The minimum atomic E-state index is -0.0592. The van der Waals surface area contributed by atoms with E-state index < -0.39 is 0 Å². The lowest BCUT2D eigenvalue weighted by Crippen LogP contribution is -2.29. The van der Waals surface area contributed by atoms with Crippen molar-refractivity contribution in [3.63, 3.8) is 0 Å². The molecule has 0 unspecified atom stereocenters. The van der Waals surface area contributed by atoms with Gasteiger partial charge in [0.05, 0.1) is 16.1 Å². The molecule has 11 heteroatoms. The average Bonchev–Trinajstić information content (AvgIpc) is 3.53. The van der Waals surface area contributed by atoms with E-state index in [1.165, 1.54) is 11.8 Å². The fraction of sp³-hybridized carbons (Fsp3) is 0.150. The van der Waals surface area contributed by atoms with Gasteiger partial charge in [0.2, 0.25) is 0 Å². The lowest BCUT2D eigenvalue weighted by atomic mass is 10.1. The van der Waals surface area contributed by atoms with Crippen molar-refractivity contribution in [3.8, 4) is 11.1 Å². The fourth-order valence-electron chi connectivity index (χ4n) is 3.45. The zero-order chi connectivity index (χ0) is 21.4. The van der Waals surface area contributed by atoms with Gasteiger partial charge >= 0.3 is 0 Å². The first-order chi connectivity index (χ1) is 15.1. The number of carbonyl (C=O) groups is 1. The number of nitrogen functional groups attached to an aromatic ring is 1. The van der Waals surface area contributed by atoms with E-state index in [0.29, 0.717) is 40.1 Å². The highest BCUT2D eigenvalue weighted by molar-refractivity contribution is 8.26. The standard InChI is InChI=1S/C20H17N7OS3/c21-15-8-12(6-11-3-4-22-18(11)15)13-7-14(30-10-13)9-16-19(28)27(20(29)31-16)5-1-2-17-23-25-26-24-17/h3-4,6-10,22H,1-2,5,21H2,(H,23,24,25,26)/b16-9-. The minimum Gasteiger partial charge on any atom is -0.397 e. The molecule has 0 aliphatic carbocycles. The van der Waals surface area contributed by atoms with E-state index in [-0.39, 0.29) is 5.91 Å². The SMILES string of the molecule is Nc1cc(-c2csc(/C=C3\SC(=S)N(CCCc4nn[nH]n4)C3=O)c2)cc2cc[nH]c12. The number of fused-ring (bicyclic) bond motifs is 1. The van der Waals surface area contributed by atoms with Crippen LogP contribution < -0.4 is 5.73 Å². The molecule has 1 fully saturated rings. The largest absolute Gasteiger partial charge is 0.397 e. The molecule has 1 aliphatic rings. The summed E-state index contributed by atoms with van der Waals surface area (Å²) in [5, 5.41) is 17.0. The van der Waals surface area contributed by atoms with Crippen LogP contribution in [0, 0.1) is 0 Å². The molecule has 0 radical (unpaired) electrons. The van der Waals surface area contributed by atoms with E-state index in [1.807, 2.05) is 24.4 Å². The number of nitrogens with two attached hydrogens (primary N) is 1. The predicted octanol–water partition coefficient (Wildman–Crippen LogP) is 3.83. The lowest BCUT2D eigenvalue weighted by molar-refractivity contribution is -0.122. The molecule has 0 spiro atoms. The molecule has 0 saturated carbocycles. The molecular formula is C20H17N7OS3. The van der Waals surface area contributed by atoms with Crippen molar-refractivity contribution in [2.24, 2.45) is 0 Å². The zero-order valence-electron chi connectivity index (χ0n) is 16.2. The first kappa shape index (κ1) is 19.9. The summed E-state index contributed by atoms with van der Waals surface area (Å²) in [6, 6.07) is 8.15. The Morgan fingerprint density at radius 2 is 2.16 bits per heavy atom. The third-order valence-corrected chi connectivity index (χ3v) is 7.22. The number of aryl methyl sites for hydroxylation is 1. The van der Waals surface area contributed by atoms with E-state index in [0.717, 1.165) is 26.9 Å². The number of amides is 1. The highest BCUT2D eigenvalue weighted by Gasteiger charge is 2.31. The number of carbonyl (C=O) groups excluding carboxylic acids is 1. The Morgan fingerprint density at radius 3 is 3.00 bits per heavy atom. The number of rotatable bonds is 6. The van der Waals surface area contributed by atoms with Gasteiger partial charge in [0, 0.05) is 29.4 Å². The molecular weight excluding hydrogens is 450 g/mol. The van der Waals surface area contributed by atoms with Gasteiger partial charge in [-0.15, -0.1) is 21.5 Å². The van der Waals surface area contributed by atoms with Crippen LogP contribution in [0.15, 0.2) is 40.7 Å². The highest BCUT2D eigenvalue weighted by Crippen LogP contribution is 2.36. The Kier molecular flexibility index (Phi) is 5.30. The summed E-state index contributed by atoms with van der Waals surface area (Å²) >= 11 is 8.34.